The number of hydrogen-bond acceptors (Lipinski definition) is 5. The normalized spacial score (nSPS) is 18.1. The number of aryl methyl sites for hydroxylation is 1. The summed E-state index contributed by atoms with van der Waals surface area (Å²) in [5.41, 5.74) is 1.72. The fourth-order valence-electron chi connectivity index (χ4n) is 3.55. The molecular weight excluding hydrogens is 394 g/mol. The van der Waals surface area contributed by atoms with Gasteiger partial charge in [-0.25, -0.2) is 4.98 Å². The van der Waals surface area contributed by atoms with Gasteiger partial charge in [0.1, 0.15) is 15.6 Å². The van der Waals surface area contributed by atoms with Crippen LogP contribution in [0.1, 0.15) is 66.3 Å². The molecular formula is C24H37N3O2S. The Kier molecular flexibility index (Phi) is 10.3. The number of aromatic nitrogens is 1. The minimum Gasteiger partial charge on any atom is -0.496 e. The van der Waals surface area contributed by atoms with E-state index >= 15 is 0 Å². The van der Waals surface area contributed by atoms with E-state index in [2.05, 4.69) is 29.4 Å². The van der Waals surface area contributed by atoms with Gasteiger partial charge >= 0.3 is 0 Å². The molecule has 6 heteroatoms. The van der Waals surface area contributed by atoms with E-state index in [0.29, 0.717) is 18.0 Å². The summed E-state index contributed by atoms with van der Waals surface area (Å²) in [4.78, 5) is 20.1. The van der Waals surface area contributed by atoms with Gasteiger partial charge in [0, 0.05) is 25.2 Å². The summed E-state index contributed by atoms with van der Waals surface area (Å²) in [6, 6.07) is 0. The van der Waals surface area contributed by atoms with Crippen LogP contribution in [0.25, 0.3) is 5.57 Å². The smallest absolute Gasteiger partial charge is 0.265 e. The van der Waals surface area contributed by atoms with Crippen LogP contribution in [0.4, 0.5) is 0 Å². The zero-order chi connectivity index (χ0) is 21.9. The van der Waals surface area contributed by atoms with Gasteiger partial charge in [0.25, 0.3) is 5.91 Å². The number of thiazole rings is 1. The first kappa shape index (κ1) is 24.4. The largest absolute Gasteiger partial charge is 0.496 e. The quantitative estimate of drug-likeness (QED) is 0.644. The van der Waals surface area contributed by atoms with E-state index in [-0.39, 0.29) is 11.8 Å². The minimum absolute atomic E-state index is 0.0438. The number of ether oxygens (including phenoxy) is 1. The van der Waals surface area contributed by atoms with Crippen molar-refractivity contribution in [3.63, 3.8) is 0 Å². The molecule has 1 amide bonds. The van der Waals surface area contributed by atoms with Gasteiger partial charge in [-0.3, -0.25) is 4.79 Å². The van der Waals surface area contributed by atoms with Crippen molar-refractivity contribution >= 4 is 22.8 Å². The van der Waals surface area contributed by atoms with E-state index < -0.39 is 0 Å². The van der Waals surface area contributed by atoms with Gasteiger partial charge in [0.05, 0.1) is 12.8 Å². The van der Waals surface area contributed by atoms with Crippen LogP contribution in [0.15, 0.2) is 30.1 Å². The number of amides is 1. The van der Waals surface area contributed by atoms with Crippen molar-refractivity contribution in [1.82, 2.24) is 15.2 Å². The van der Waals surface area contributed by atoms with Gasteiger partial charge in [-0.05, 0) is 32.9 Å². The lowest BCUT2D eigenvalue weighted by atomic mass is 10.1. The van der Waals surface area contributed by atoms with Crippen molar-refractivity contribution in [3.8, 4) is 0 Å². The average molecular weight is 432 g/mol. The lowest BCUT2D eigenvalue weighted by molar-refractivity contribution is 0.0770. The Morgan fingerprint density at radius 2 is 1.97 bits per heavy atom. The van der Waals surface area contributed by atoms with E-state index in [1.165, 1.54) is 43.4 Å². The first-order valence-electron chi connectivity index (χ1n) is 11.1. The van der Waals surface area contributed by atoms with E-state index in [9.17, 15) is 4.79 Å². The van der Waals surface area contributed by atoms with Crippen LogP contribution in [0, 0.1) is 12.8 Å². The number of hydrogen-bond donors (Lipinski definition) is 1. The molecule has 1 aromatic heterocycles. The summed E-state index contributed by atoms with van der Waals surface area (Å²) in [6.45, 7) is 8.15. The lowest BCUT2D eigenvalue weighted by Gasteiger charge is -2.20. The van der Waals surface area contributed by atoms with Crippen LogP contribution < -0.4 is 5.32 Å². The van der Waals surface area contributed by atoms with Gasteiger partial charge in [0.2, 0.25) is 0 Å². The van der Waals surface area contributed by atoms with Crippen LogP contribution >= 0.6 is 11.3 Å². The van der Waals surface area contributed by atoms with Crippen LogP contribution in [-0.4, -0.2) is 49.6 Å². The zero-order valence-electron chi connectivity index (χ0n) is 19.2. The van der Waals surface area contributed by atoms with E-state index in [1.54, 1.807) is 7.11 Å². The van der Waals surface area contributed by atoms with Gasteiger partial charge in [-0.2, -0.15) is 0 Å². The fraction of sp³-hybridized carbons (Fsp3) is 0.583. The predicted molar refractivity (Wildman–Crippen MR) is 127 cm³/mol. The second-order valence-corrected chi connectivity index (χ2v) is 8.75. The molecule has 0 saturated heterocycles. The van der Waals surface area contributed by atoms with Gasteiger partial charge in [-0.15, -0.1) is 11.3 Å². The van der Waals surface area contributed by atoms with Gasteiger partial charge in [0.15, 0.2) is 0 Å². The van der Waals surface area contributed by atoms with Crippen molar-refractivity contribution < 1.29 is 9.53 Å². The van der Waals surface area contributed by atoms with Crippen LogP contribution in [0.3, 0.4) is 0 Å². The van der Waals surface area contributed by atoms with Gasteiger partial charge in [-0.1, -0.05) is 57.3 Å². The number of carbonyl (C=O) groups is 1. The molecule has 30 heavy (non-hydrogen) atoms. The third-order valence-corrected chi connectivity index (χ3v) is 6.53. The first-order valence-corrected chi connectivity index (χ1v) is 11.9. The van der Waals surface area contributed by atoms with Gasteiger partial charge < -0.3 is 15.0 Å². The number of rotatable bonds is 7. The summed E-state index contributed by atoms with van der Waals surface area (Å²) in [5.74, 6) is 1.10. The number of nitrogens with one attached hydrogen (secondary N) is 1. The third-order valence-electron chi connectivity index (χ3n) is 5.35. The Balaban J connectivity index is 0.000000558. The highest BCUT2D eigenvalue weighted by Gasteiger charge is 2.23. The molecule has 1 saturated carbocycles. The molecule has 0 aliphatic heterocycles. The van der Waals surface area contributed by atoms with Crippen molar-refractivity contribution in [2.45, 2.75) is 52.9 Å². The van der Waals surface area contributed by atoms with Crippen molar-refractivity contribution in [2.24, 2.45) is 5.92 Å². The number of allylic oxidation sites excluding steroid dienone is 5. The lowest BCUT2D eigenvalue weighted by Crippen LogP contribution is -2.35. The Bertz CT molecular complexity index is 768. The number of methoxy groups -OCH3 is 1. The molecule has 0 bridgehead atoms. The highest BCUT2D eigenvalue weighted by Crippen LogP contribution is 2.33. The van der Waals surface area contributed by atoms with Crippen LogP contribution in [-0.2, 0) is 4.74 Å². The molecule has 1 unspecified atom stereocenters. The number of carbonyl (C=O) groups excluding carboxylic acids is 1. The second kappa shape index (κ2) is 12.7. The monoisotopic (exact) mass is 431 g/mol. The standard InChI is InChI=1S/C19H27N3O2S.C5H10/c1-6-22(11-10-20-4)19(23)17-14(3)21-18(25-17)15-12-13(2)8-7-9-16(15)24-5;1-2-4-5-3-1/h7-9,12-13,20H,6,10-11H2,1-5H3;1-5H2. The highest BCUT2D eigenvalue weighted by atomic mass is 32.1. The SMILES string of the molecule is C1CCCC1.CCN(CCNC)C(=O)c1sc(C2=CC(C)C=CC=C2OC)nc1C. The first-order chi connectivity index (χ1) is 14.5. The molecule has 166 valence electrons. The maximum atomic E-state index is 12.9. The second-order valence-electron chi connectivity index (χ2n) is 7.75. The van der Waals surface area contributed by atoms with E-state index in [0.717, 1.165) is 28.6 Å². The summed E-state index contributed by atoms with van der Waals surface area (Å²) in [6.07, 6.45) is 15.7. The van der Waals surface area contributed by atoms with Crippen LogP contribution in [0.5, 0.6) is 0 Å². The average Bonchev–Trinajstić information content (AvgIpc) is 3.40. The van der Waals surface area contributed by atoms with Crippen molar-refractivity contribution in [2.75, 3.05) is 33.8 Å². The minimum atomic E-state index is 0.0438. The highest BCUT2D eigenvalue weighted by molar-refractivity contribution is 7.14. The molecule has 0 radical (unpaired) electrons. The molecule has 0 aromatic carbocycles. The fourth-order valence-corrected chi connectivity index (χ4v) is 4.62. The Labute approximate surface area is 185 Å². The predicted octanol–water partition coefficient (Wildman–Crippen LogP) is 5.20. The molecule has 2 aliphatic rings. The van der Waals surface area contributed by atoms with E-state index in [1.807, 2.05) is 37.9 Å². The molecule has 1 fully saturated rings. The molecule has 5 nitrogen and oxygen atoms in total. The summed E-state index contributed by atoms with van der Waals surface area (Å²) < 4.78 is 5.52. The van der Waals surface area contributed by atoms with E-state index in [4.69, 9.17) is 4.74 Å². The number of nitrogens with zero attached hydrogens (tertiary/aromatic N) is 2. The molecule has 1 heterocycles. The van der Waals surface area contributed by atoms with Crippen LogP contribution in [0.2, 0.25) is 0 Å². The Morgan fingerprint density at radius 3 is 2.53 bits per heavy atom. The molecule has 3 rings (SSSR count). The molecule has 0 spiro atoms. The summed E-state index contributed by atoms with van der Waals surface area (Å²) in [7, 11) is 3.55. The molecule has 1 N–H and O–H groups in total. The summed E-state index contributed by atoms with van der Waals surface area (Å²) >= 11 is 1.44. The van der Waals surface area contributed by atoms with Crippen molar-refractivity contribution in [1.29, 1.82) is 0 Å². The molecule has 1 aromatic rings. The zero-order valence-corrected chi connectivity index (χ0v) is 20.0. The Morgan fingerprint density at radius 1 is 1.30 bits per heavy atom. The summed E-state index contributed by atoms with van der Waals surface area (Å²) in [5, 5.41) is 3.92. The molecule has 1 atom stereocenters. The topological polar surface area (TPSA) is 54.5 Å². The van der Waals surface area contributed by atoms with Crippen molar-refractivity contribution in [3.05, 3.63) is 45.6 Å². The number of likely N-dealkylation sites (N-methyl/N-ethyl adjacent to an activating group) is 2. The Hall–Kier alpha value is -1.92. The maximum Gasteiger partial charge on any atom is 0.265 e. The molecule has 2 aliphatic carbocycles. The third kappa shape index (κ3) is 6.81. The maximum absolute atomic E-state index is 12.9.